The molecule has 0 fully saturated rings. The second kappa shape index (κ2) is 4.91. The number of fused-ring (bicyclic) bond motifs is 1. The number of carbonyl (C=O) groups is 2. The van der Waals surface area contributed by atoms with Crippen LogP contribution < -0.4 is 10.1 Å². The highest BCUT2D eigenvalue weighted by atomic mass is 16.5. The third-order valence-corrected chi connectivity index (χ3v) is 3.16. The molecule has 1 aromatic carbocycles. The predicted molar refractivity (Wildman–Crippen MR) is 69.3 cm³/mol. The molecule has 1 aliphatic rings. The van der Waals surface area contributed by atoms with E-state index in [2.05, 4.69) is 10.1 Å². The van der Waals surface area contributed by atoms with Crippen LogP contribution in [0.4, 0.5) is 0 Å². The van der Waals surface area contributed by atoms with Crippen molar-refractivity contribution in [1.82, 2.24) is 5.32 Å². The molecule has 0 saturated heterocycles. The van der Waals surface area contributed by atoms with E-state index in [-0.39, 0.29) is 17.9 Å². The molecule has 0 unspecified atom stereocenters. The van der Waals surface area contributed by atoms with Crippen molar-refractivity contribution in [3.63, 3.8) is 0 Å². The van der Waals surface area contributed by atoms with Crippen molar-refractivity contribution in [2.45, 2.75) is 19.3 Å². The summed E-state index contributed by atoms with van der Waals surface area (Å²) < 4.78 is 10.1. The summed E-state index contributed by atoms with van der Waals surface area (Å²) in [4.78, 5) is 23.2. The second-order valence-corrected chi connectivity index (χ2v) is 5.11. The van der Waals surface area contributed by atoms with E-state index in [0.29, 0.717) is 12.2 Å². The first-order valence-electron chi connectivity index (χ1n) is 6.07. The molecule has 1 heterocycles. The first-order chi connectivity index (χ1) is 8.95. The van der Waals surface area contributed by atoms with Gasteiger partial charge in [0.05, 0.1) is 13.7 Å². The summed E-state index contributed by atoms with van der Waals surface area (Å²) in [6.45, 7) is 4.45. The third kappa shape index (κ3) is 2.54. The summed E-state index contributed by atoms with van der Waals surface area (Å²) in [5.41, 5.74) is 1.22. The smallest absolute Gasteiger partial charge is 0.325 e. The maximum atomic E-state index is 12.1. The number of amides is 1. The van der Waals surface area contributed by atoms with Gasteiger partial charge < -0.3 is 14.8 Å². The van der Waals surface area contributed by atoms with Gasteiger partial charge in [0.15, 0.2) is 0 Å². The molecule has 0 aliphatic carbocycles. The zero-order chi connectivity index (χ0) is 14.0. The summed E-state index contributed by atoms with van der Waals surface area (Å²) in [6.07, 6.45) is 0. The number of rotatable bonds is 3. The van der Waals surface area contributed by atoms with Crippen LogP contribution in [0.3, 0.4) is 0 Å². The fourth-order valence-electron chi connectivity index (χ4n) is 2.19. The van der Waals surface area contributed by atoms with Crippen LogP contribution in [0.1, 0.15) is 29.8 Å². The van der Waals surface area contributed by atoms with E-state index in [0.717, 1.165) is 11.3 Å². The Kier molecular flexibility index (Phi) is 3.46. The van der Waals surface area contributed by atoms with Gasteiger partial charge in [-0.2, -0.15) is 0 Å². The highest BCUT2D eigenvalue weighted by Gasteiger charge is 2.35. The lowest BCUT2D eigenvalue weighted by atomic mass is 9.83. The van der Waals surface area contributed by atoms with E-state index in [9.17, 15) is 9.59 Å². The Morgan fingerprint density at radius 1 is 1.42 bits per heavy atom. The molecule has 19 heavy (non-hydrogen) atoms. The molecule has 0 radical (unpaired) electrons. The van der Waals surface area contributed by atoms with Crippen molar-refractivity contribution >= 4 is 11.9 Å². The van der Waals surface area contributed by atoms with Gasteiger partial charge in [-0.25, -0.2) is 0 Å². The normalized spacial score (nSPS) is 15.3. The summed E-state index contributed by atoms with van der Waals surface area (Å²) in [5.74, 6) is -0.0343. The molecule has 0 aromatic heterocycles. The van der Waals surface area contributed by atoms with Gasteiger partial charge in [-0.3, -0.25) is 9.59 Å². The third-order valence-electron chi connectivity index (χ3n) is 3.16. The van der Waals surface area contributed by atoms with E-state index >= 15 is 0 Å². The Balaban J connectivity index is 2.24. The van der Waals surface area contributed by atoms with E-state index in [1.165, 1.54) is 7.11 Å². The molecule has 5 nitrogen and oxygen atoms in total. The lowest BCUT2D eigenvalue weighted by Crippen LogP contribution is -2.32. The Labute approximate surface area is 111 Å². The Hall–Kier alpha value is -2.04. The average Bonchev–Trinajstić information content (AvgIpc) is 2.71. The van der Waals surface area contributed by atoms with Crippen LogP contribution in [0.2, 0.25) is 0 Å². The van der Waals surface area contributed by atoms with Gasteiger partial charge in [0.25, 0.3) is 5.91 Å². The van der Waals surface area contributed by atoms with Crippen molar-refractivity contribution in [3.8, 4) is 5.75 Å². The fourth-order valence-corrected chi connectivity index (χ4v) is 2.19. The van der Waals surface area contributed by atoms with Gasteiger partial charge in [-0.05, 0) is 12.1 Å². The molecule has 1 amide bonds. The molecule has 5 heteroatoms. The van der Waals surface area contributed by atoms with E-state index in [4.69, 9.17) is 4.74 Å². The van der Waals surface area contributed by atoms with E-state index in [1.54, 1.807) is 12.1 Å². The number of methoxy groups -OCH3 is 1. The number of benzene rings is 1. The molecule has 0 bridgehead atoms. The zero-order valence-electron chi connectivity index (χ0n) is 11.3. The number of nitrogens with one attached hydrogen (secondary N) is 1. The van der Waals surface area contributed by atoms with Crippen LogP contribution in [0.25, 0.3) is 0 Å². The van der Waals surface area contributed by atoms with Gasteiger partial charge in [0.2, 0.25) is 0 Å². The van der Waals surface area contributed by atoms with Crippen molar-refractivity contribution in [2.75, 3.05) is 20.3 Å². The van der Waals surface area contributed by atoms with Gasteiger partial charge in [-0.1, -0.05) is 19.9 Å². The van der Waals surface area contributed by atoms with Gasteiger partial charge in [0.1, 0.15) is 12.3 Å². The zero-order valence-corrected chi connectivity index (χ0v) is 11.3. The summed E-state index contributed by atoms with van der Waals surface area (Å²) in [6, 6.07) is 5.36. The minimum Gasteiger partial charge on any atom is -0.492 e. The Bertz CT molecular complexity index is 522. The first kappa shape index (κ1) is 13.4. The summed E-state index contributed by atoms with van der Waals surface area (Å²) >= 11 is 0. The monoisotopic (exact) mass is 263 g/mol. The predicted octanol–water partition coefficient (Wildman–Crippen LogP) is 1.26. The molecule has 1 N–H and O–H groups in total. The molecule has 0 saturated carbocycles. The summed E-state index contributed by atoms with van der Waals surface area (Å²) in [7, 11) is 1.28. The Morgan fingerprint density at radius 2 is 2.16 bits per heavy atom. The SMILES string of the molecule is COC(=O)CNC(=O)c1cccc2c1C(C)(C)CO2. The molecular formula is C14H17NO4. The van der Waals surface area contributed by atoms with Crippen LogP contribution in [-0.2, 0) is 14.9 Å². The van der Waals surface area contributed by atoms with Crippen molar-refractivity contribution < 1.29 is 19.1 Å². The van der Waals surface area contributed by atoms with Crippen molar-refractivity contribution in [1.29, 1.82) is 0 Å². The maximum absolute atomic E-state index is 12.1. The van der Waals surface area contributed by atoms with Gasteiger partial charge in [0, 0.05) is 16.5 Å². The minimum atomic E-state index is -0.476. The van der Waals surface area contributed by atoms with Crippen molar-refractivity contribution in [3.05, 3.63) is 29.3 Å². The lowest BCUT2D eigenvalue weighted by molar-refractivity contribution is -0.139. The number of carbonyl (C=O) groups excluding carboxylic acids is 2. The molecule has 1 aliphatic heterocycles. The molecular weight excluding hydrogens is 246 g/mol. The molecule has 0 atom stereocenters. The van der Waals surface area contributed by atoms with Crippen LogP contribution in [0.5, 0.6) is 5.75 Å². The quantitative estimate of drug-likeness (QED) is 0.834. The second-order valence-electron chi connectivity index (χ2n) is 5.11. The molecule has 1 aromatic rings. The van der Waals surface area contributed by atoms with Gasteiger partial charge in [-0.15, -0.1) is 0 Å². The summed E-state index contributed by atoms with van der Waals surface area (Å²) in [5, 5.41) is 2.55. The molecule has 0 spiro atoms. The molecule has 102 valence electrons. The minimum absolute atomic E-state index is 0.139. The highest BCUT2D eigenvalue weighted by Crippen LogP contribution is 2.40. The standard InChI is InChI=1S/C14H17NO4/c1-14(2)8-19-10-6-4-5-9(12(10)14)13(17)15-7-11(16)18-3/h4-6H,7-8H2,1-3H3,(H,15,17). The maximum Gasteiger partial charge on any atom is 0.325 e. The number of hydrogen-bond acceptors (Lipinski definition) is 4. The van der Waals surface area contributed by atoms with Crippen molar-refractivity contribution in [2.24, 2.45) is 0 Å². The number of hydrogen-bond donors (Lipinski definition) is 1. The number of esters is 1. The van der Waals surface area contributed by atoms with Crippen LogP contribution >= 0.6 is 0 Å². The lowest BCUT2D eigenvalue weighted by Gasteiger charge is -2.18. The largest absolute Gasteiger partial charge is 0.492 e. The number of ether oxygens (including phenoxy) is 2. The van der Waals surface area contributed by atoms with E-state index < -0.39 is 5.97 Å². The van der Waals surface area contributed by atoms with E-state index in [1.807, 2.05) is 19.9 Å². The first-order valence-corrected chi connectivity index (χ1v) is 6.07. The van der Waals surface area contributed by atoms with Crippen LogP contribution in [-0.4, -0.2) is 32.1 Å². The average molecular weight is 263 g/mol. The van der Waals surface area contributed by atoms with Gasteiger partial charge >= 0.3 is 5.97 Å². The topological polar surface area (TPSA) is 64.6 Å². The van der Waals surface area contributed by atoms with Crippen LogP contribution in [0.15, 0.2) is 18.2 Å². The highest BCUT2D eigenvalue weighted by molar-refractivity contribution is 5.98. The Morgan fingerprint density at radius 3 is 2.84 bits per heavy atom. The fraction of sp³-hybridized carbons (Fsp3) is 0.429. The molecule has 2 rings (SSSR count). The van der Waals surface area contributed by atoms with Crippen LogP contribution in [0, 0.1) is 0 Å².